The van der Waals surface area contributed by atoms with Crippen molar-refractivity contribution >= 4 is 34.2 Å². The third-order valence-electron chi connectivity index (χ3n) is 6.08. The number of anilines is 1. The first-order valence-electron chi connectivity index (χ1n) is 12.1. The highest BCUT2D eigenvalue weighted by Crippen LogP contribution is 2.33. The zero-order valence-electron chi connectivity index (χ0n) is 20.4. The summed E-state index contributed by atoms with van der Waals surface area (Å²) < 4.78 is 10.5. The Labute approximate surface area is 218 Å². The number of nitrogens with one attached hydrogen (secondary N) is 2. The SMILES string of the molecule is O=C(NCC(=O)N(c1cccc2ccccc12)[C@@H](C(=O)NCc1ccco1)c1ccccc1)c1ccco1. The van der Waals surface area contributed by atoms with Crippen molar-refractivity contribution in [2.24, 2.45) is 0 Å². The van der Waals surface area contributed by atoms with Crippen molar-refractivity contribution in [2.75, 3.05) is 11.4 Å². The van der Waals surface area contributed by atoms with Crippen LogP contribution in [0.15, 0.2) is 118 Å². The molecular weight excluding hydrogens is 482 g/mol. The number of hydrogen-bond donors (Lipinski definition) is 2. The van der Waals surface area contributed by atoms with E-state index >= 15 is 0 Å². The summed E-state index contributed by atoms with van der Waals surface area (Å²) in [4.78, 5) is 41.6. The molecule has 0 aliphatic carbocycles. The lowest BCUT2D eigenvalue weighted by atomic mass is 10.0. The van der Waals surface area contributed by atoms with E-state index in [1.165, 1.54) is 23.5 Å². The minimum atomic E-state index is -1.02. The number of rotatable bonds is 9. The van der Waals surface area contributed by atoms with E-state index in [1.807, 2.05) is 54.6 Å². The first-order chi connectivity index (χ1) is 18.6. The van der Waals surface area contributed by atoms with Crippen LogP contribution in [-0.4, -0.2) is 24.3 Å². The topological polar surface area (TPSA) is 105 Å². The van der Waals surface area contributed by atoms with Gasteiger partial charge >= 0.3 is 0 Å². The molecular formula is C30H25N3O5. The lowest BCUT2D eigenvalue weighted by Crippen LogP contribution is -2.47. The predicted octanol–water partition coefficient (Wildman–Crippen LogP) is 4.85. The molecule has 38 heavy (non-hydrogen) atoms. The molecule has 0 unspecified atom stereocenters. The third-order valence-corrected chi connectivity index (χ3v) is 6.08. The fraction of sp³-hybridized carbons (Fsp3) is 0.100. The first-order valence-corrected chi connectivity index (χ1v) is 12.1. The van der Waals surface area contributed by atoms with E-state index in [9.17, 15) is 14.4 Å². The van der Waals surface area contributed by atoms with Crippen LogP contribution in [0.25, 0.3) is 10.8 Å². The third kappa shape index (κ3) is 5.34. The summed E-state index contributed by atoms with van der Waals surface area (Å²) in [6.07, 6.45) is 2.91. The molecule has 2 N–H and O–H groups in total. The smallest absolute Gasteiger partial charge is 0.287 e. The van der Waals surface area contributed by atoms with Gasteiger partial charge in [-0.15, -0.1) is 0 Å². The minimum Gasteiger partial charge on any atom is -0.467 e. The molecule has 190 valence electrons. The molecule has 1 atom stereocenters. The van der Waals surface area contributed by atoms with Gasteiger partial charge in [-0.3, -0.25) is 19.3 Å². The molecule has 0 saturated carbocycles. The largest absolute Gasteiger partial charge is 0.467 e. The molecule has 0 aliphatic heterocycles. The number of fused-ring (bicyclic) bond motifs is 1. The first kappa shape index (κ1) is 24.6. The normalized spacial score (nSPS) is 11.6. The number of furan rings is 2. The van der Waals surface area contributed by atoms with E-state index in [4.69, 9.17) is 8.83 Å². The van der Waals surface area contributed by atoms with E-state index in [1.54, 1.807) is 36.4 Å². The van der Waals surface area contributed by atoms with Gasteiger partial charge < -0.3 is 19.5 Å². The highest BCUT2D eigenvalue weighted by molar-refractivity contribution is 6.09. The predicted molar refractivity (Wildman–Crippen MR) is 142 cm³/mol. The molecule has 2 aromatic heterocycles. The molecule has 0 aliphatic rings. The second kappa shape index (κ2) is 11.3. The Morgan fingerprint density at radius 1 is 0.737 bits per heavy atom. The lowest BCUT2D eigenvalue weighted by molar-refractivity contribution is -0.126. The van der Waals surface area contributed by atoms with E-state index in [0.717, 1.165) is 10.8 Å². The van der Waals surface area contributed by atoms with Gasteiger partial charge in [-0.2, -0.15) is 0 Å². The Morgan fingerprint density at radius 3 is 2.24 bits per heavy atom. The van der Waals surface area contributed by atoms with E-state index < -0.39 is 23.8 Å². The molecule has 5 aromatic rings. The highest BCUT2D eigenvalue weighted by Gasteiger charge is 2.33. The van der Waals surface area contributed by atoms with Gasteiger partial charge in [0, 0.05) is 5.39 Å². The molecule has 3 amide bonds. The molecule has 8 heteroatoms. The van der Waals surface area contributed by atoms with E-state index in [-0.39, 0.29) is 18.8 Å². The van der Waals surface area contributed by atoms with Crippen LogP contribution in [0, 0.1) is 0 Å². The van der Waals surface area contributed by atoms with Crippen molar-refractivity contribution in [2.45, 2.75) is 12.6 Å². The molecule has 8 nitrogen and oxygen atoms in total. The molecule has 0 fully saturated rings. The van der Waals surface area contributed by atoms with Crippen LogP contribution >= 0.6 is 0 Å². The number of carbonyl (C=O) groups excluding carboxylic acids is 3. The Balaban J connectivity index is 1.55. The number of amides is 3. The fourth-order valence-corrected chi connectivity index (χ4v) is 4.31. The summed E-state index contributed by atoms with van der Waals surface area (Å²) in [6, 6.07) is 27.8. The van der Waals surface area contributed by atoms with Crippen LogP contribution in [0.5, 0.6) is 0 Å². The van der Waals surface area contributed by atoms with Crippen molar-refractivity contribution in [1.82, 2.24) is 10.6 Å². The molecule has 0 spiro atoms. The maximum absolute atomic E-state index is 13.9. The zero-order valence-corrected chi connectivity index (χ0v) is 20.4. The monoisotopic (exact) mass is 507 g/mol. The number of nitrogens with zero attached hydrogens (tertiary/aromatic N) is 1. The van der Waals surface area contributed by atoms with E-state index in [0.29, 0.717) is 17.0 Å². The van der Waals surface area contributed by atoms with Gasteiger partial charge in [-0.25, -0.2) is 0 Å². The van der Waals surface area contributed by atoms with Crippen molar-refractivity contribution < 1.29 is 23.2 Å². The molecule has 0 radical (unpaired) electrons. The van der Waals surface area contributed by atoms with Crippen molar-refractivity contribution in [3.8, 4) is 0 Å². The number of hydrogen-bond acceptors (Lipinski definition) is 5. The Kier molecular flexibility index (Phi) is 7.31. The van der Waals surface area contributed by atoms with Crippen LogP contribution in [0.4, 0.5) is 5.69 Å². The van der Waals surface area contributed by atoms with E-state index in [2.05, 4.69) is 10.6 Å². The van der Waals surface area contributed by atoms with Gasteiger partial charge in [-0.1, -0.05) is 66.7 Å². The summed E-state index contributed by atoms with van der Waals surface area (Å²) in [5, 5.41) is 7.21. The van der Waals surface area contributed by atoms with Gasteiger partial charge in [-0.05, 0) is 41.3 Å². The number of benzene rings is 3. The molecule has 2 heterocycles. The van der Waals surface area contributed by atoms with Crippen molar-refractivity contribution in [3.63, 3.8) is 0 Å². The highest BCUT2D eigenvalue weighted by atomic mass is 16.3. The fourth-order valence-electron chi connectivity index (χ4n) is 4.31. The molecule has 3 aromatic carbocycles. The van der Waals surface area contributed by atoms with Crippen LogP contribution in [0.1, 0.15) is 27.9 Å². The Hall–Kier alpha value is -5.11. The summed E-state index contributed by atoms with van der Waals surface area (Å²) in [7, 11) is 0. The minimum absolute atomic E-state index is 0.0883. The standard InChI is InChI=1S/C30H25N3O5/c34-27(20-32-29(35)26-16-8-18-38-26)33(25-15-6-12-21-9-4-5-14-24(21)25)28(22-10-2-1-3-11-22)30(36)31-19-23-13-7-17-37-23/h1-18,28H,19-20H2,(H,31,36)(H,32,35)/t28-/m1/s1. The van der Waals surface area contributed by atoms with Crippen molar-refractivity contribution in [1.29, 1.82) is 0 Å². The van der Waals surface area contributed by atoms with Gasteiger partial charge in [0.25, 0.3) is 5.91 Å². The van der Waals surface area contributed by atoms with Crippen LogP contribution < -0.4 is 15.5 Å². The average Bonchev–Trinajstić information content (AvgIpc) is 3.68. The van der Waals surface area contributed by atoms with Crippen LogP contribution in [0.2, 0.25) is 0 Å². The van der Waals surface area contributed by atoms with Crippen LogP contribution in [0.3, 0.4) is 0 Å². The van der Waals surface area contributed by atoms with Gasteiger partial charge in [0.1, 0.15) is 11.8 Å². The van der Waals surface area contributed by atoms with Gasteiger partial charge in [0.05, 0.1) is 31.3 Å². The Morgan fingerprint density at radius 2 is 1.47 bits per heavy atom. The summed E-state index contributed by atoms with van der Waals surface area (Å²) in [5.74, 6) is -0.724. The van der Waals surface area contributed by atoms with Crippen molar-refractivity contribution in [3.05, 3.63) is 127 Å². The quantitative estimate of drug-likeness (QED) is 0.297. The second-order valence-electron chi connectivity index (χ2n) is 8.53. The lowest BCUT2D eigenvalue weighted by Gasteiger charge is -2.32. The molecule has 0 saturated heterocycles. The maximum atomic E-state index is 13.9. The average molecular weight is 508 g/mol. The maximum Gasteiger partial charge on any atom is 0.287 e. The zero-order chi connectivity index (χ0) is 26.3. The molecule has 0 bridgehead atoms. The van der Waals surface area contributed by atoms with Crippen LogP contribution in [-0.2, 0) is 16.1 Å². The number of carbonyl (C=O) groups is 3. The summed E-state index contributed by atoms with van der Waals surface area (Å²) in [5.41, 5.74) is 1.16. The van der Waals surface area contributed by atoms with Gasteiger partial charge in [0.2, 0.25) is 11.8 Å². The summed E-state index contributed by atoms with van der Waals surface area (Å²) in [6.45, 7) is -0.195. The van der Waals surface area contributed by atoms with Gasteiger partial charge in [0.15, 0.2) is 5.76 Å². The second-order valence-corrected chi connectivity index (χ2v) is 8.53. The Bertz CT molecular complexity index is 1520. The summed E-state index contributed by atoms with van der Waals surface area (Å²) >= 11 is 0. The molecule has 5 rings (SSSR count).